The van der Waals surface area contributed by atoms with Gasteiger partial charge >= 0.3 is 0 Å². The third kappa shape index (κ3) is 3.23. The lowest BCUT2D eigenvalue weighted by Gasteiger charge is -2.39. The number of carbonyl (C=O) groups is 3. The first kappa shape index (κ1) is 21.7. The van der Waals surface area contributed by atoms with Crippen LogP contribution < -0.4 is 5.32 Å². The molecule has 9 heteroatoms. The van der Waals surface area contributed by atoms with Crippen molar-refractivity contribution in [1.82, 2.24) is 25.3 Å². The van der Waals surface area contributed by atoms with E-state index in [2.05, 4.69) is 38.6 Å². The summed E-state index contributed by atoms with van der Waals surface area (Å²) in [6.07, 6.45) is 4.31. The molecular weight excluding hydrogens is 458 g/mol. The summed E-state index contributed by atoms with van der Waals surface area (Å²) in [5.41, 5.74) is 5.94. The molecule has 36 heavy (non-hydrogen) atoms. The Morgan fingerprint density at radius 3 is 2.78 bits per heavy atom. The van der Waals surface area contributed by atoms with Gasteiger partial charge in [-0.15, -0.1) is 0 Å². The molecule has 7 rings (SSSR count). The van der Waals surface area contributed by atoms with E-state index in [1.165, 1.54) is 16.5 Å². The van der Waals surface area contributed by atoms with Crippen LogP contribution >= 0.6 is 0 Å². The van der Waals surface area contributed by atoms with Crippen LogP contribution in [0.25, 0.3) is 10.9 Å². The SMILES string of the molecule is O=C1CC[C@H](N2Cc3c(ccc4c3COC43CCN(Cc4cccc5[nH]ncc45)CC3)C2=O)C(=O)N1. The highest BCUT2D eigenvalue weighted by Crippen LogP contribution is 2.47. The second kappa shape index (κ2) is 7.97. The van der Waals surface area contributed by atoms with Gasteiger partial charge in [-0.3, -0.25) is 29.7 Å². The van der Waals surface area contributed by atoms with Crippen LogP contribution in [0.2, 0.25) is 0 Å². The van der Waals surface area contributed by atoms with Crippen molar-refractivity contribution < 1.29 is 19.1 Å². The lowest BCUT2D eigenvalue weighted by Crippen LogP contribution is -2.52. The number of hydrogen-bond donors (Lipinski definition) is 2. The second-order valence-corrected chi connectivity index (χ2v) is 10.3. The molecule has 0 radical (unpaired) electrons. The number of amides is 3. The van der Waals surface area contributed by atoms with Gasteiger partial charge in [-0.1, -0.05) is 18.2 Å². The highest BCUT2D eigenvalue weighted by molar-refractivity contribution is 6.05. The summed E-state index contributed by atoms with van der Waals surface area (Å²) < 4.78 is 6.49. The second-order valence-electron chi connectivity index (χ2n) is 10.3. The van der Waals surface area contributed by atoms with Gasteiger partial charge in [-0.25, -0.2) is 0 Å². The number of imide groups is 1. The zero-order valence-corrected chi connectivity index (χ0v) is 19.9. The first-order valence-electron chi connectivity index (χ1n) is 12.6. The van der Waals surface area contributed by atoms with Crippen LogP contribution in [0.3, 0.4) is 0 Å². The van der Waals surface area contributed by atoms with E-state index < -0.39 is 6.04 Å². The van der Waals surface area contributed by atoms with E-state index in [9.17, 15) is 14.4 Å². The smallest absolute Gasteiger partial charge is 0.255 e. The highest BCUT2D eigenvalue weighted by Gasteiger charge is 2.47. The van der Waals surface area contributed by atoms with E-state index in [1.807, 2.05) is 18.3 Å². The van der Waals surface area contributed by atoms with Gasteiger partial charge in [0, 0.05) is 43.5 Å². The number of nitrogens with one attached hydrogen (secondary N) is 2. The minimum Gasteiger partial charge on any atom is -0.365 e. The molecule has 4 aliphatic rings. The number of rotatable bonds is 3. The van der Waals surface area contributed by atoms with Gasteiger partial charge in [0.2, 0.25) is 11.8 Å². The van der Waals surface area contributed by atoms with Crippen molar-refractivity contribution in [3.8, 4) is 0 Å². The van der Waals surface area contributed by atoms with E-state index in [1.54, 1.807) is 4.90 Å². The molecule has 5 heterocycles. The summed E-state index contributed by atoms with van der Waals surface area (Å²) in [6, 6.07) is 9.65. The molecule has 9 nitrogen and oxygen atoms in total. The molecule has 1 spiro atoms. The Morgan fingerprint density at radius 1 is 1.08 bits per heavy atom. The number of ether oxygens (including phenoxy) is 1. The Labute approximate surface area is 207 Å². The summed E-state index contributed by atoms with van der Waals surface area (Å²) in [6.45, 7) is 3.60. The molecule has 0 aliphatic carbocycles. The third-order valence-electron chi connectivity index (χ3n) is 8.45. The normalized spacial score (nSPS) is 23.4. The van der Waals surface area contributed by atoms with Crippen LogP contribution in [-0.4, -0.2) is 56.9 Å². The fourth-order valence-corrected chi connectivity index (χ4v) is 6.48. The highest BCUT2D eigenvalue weighted by atomic mass is 16.5. The van der Waals surface area contributed by atoms with Gasteiger partial charge in [-0.2, -0.15) is 5.10 Å². The molecule has 0 saturated carbocycles. The number of fused-ring (bicyclic) bond motifs is 5. The fourth-order valence-electron chi connectivity index (χ4n) is 6.48. The summed E-state index contributed by atoms with van der Waals surface area (Å²) in [5, 5.41) is 10.8. The molecule has 1 atom stereocenters. The monoisotopic (exact) mass is 485 g/mol. The Kier molecular flexibility index (Phi) is 4.81. The Morgan fingerprint density at radius 2 is 1.94 bits per heavy atom. The Hall–Kier alpha value is -3.56. The van der Waals surface area contributed by atoms with E-state index in [4.69, 9.17) is 4.74 Å². The number of piperidine rings is 2. The van der Waals surface area contributed by atoms with Gasteiger partial charge in [0.1, 0.15) is 6.04 Å². The number of carbonyl (C=O) groups excluding carboxylic acids is 3. The fraction of sp³-hybridized carbons (Fsp3) is 0.407. The molecule has 0 bridgehead atoms. The molecule has 3 amide bonds. The Balaban J connectivity index is 1.10. The number of likely N-dealkylation sites (tertiary alicyclic amines) is 1. The van der Waals surface area contributed by atoms with E-state index >= 15 is 0 Å². The van der Waals surface area contributed by atoms with Crippen LogP contribution in [0.1, 0.15) is 58.3 Å². The third-order valence-corrected chi connectivity index (χ3v) is 8.45. The van der Waals surface area contributed by atoms with Crippen LogP contribution in [-0.2, 0) is 39.6 Å². The number of H-pyrrole nitrogens is 1. The lowest BCUT2D eigenvalue weighted by molar-refractivity contribution is -0.136. The molecule has 2 fully saturated rings. The van der Waals surface area contributed by atoms with Crippen molar-refractivity contribution in [3.05, 3.63) is 64.3 Å². The van der Waals surface area contributed by atoms with Gasteiger partial charge in [0.15, 0.2) is 0 Å². The predicted octanol–water partition coefficient (Wildman–Crippen LogP) is 2.35. The molecular formula is C27H27N5O4. The average molecular weight is 486 g/mol. The number of aromatic amines is 1. The van der Waals surface area contributed by atoms with E-state index in [0.717, 1.165) is 49.1 Å². The zero-order chi connectivity index (χ0) is 24.4. The molecule has 3 aromatic rings. The van der Waals surface area contributed by atoms with Gasteiger partial charge in [0.25, 0.3) is 5.91 Å². The van der Waals surface area contributed by atoms with Gasteiger partial charge in [-0.05, 0) is 53.6 Å². The number of nitrogens with zero attached hydrogens (tertiary/aromatic N) is 3. The van der Waals surface area contributed by atoms with Crippen molar-refractivity contribution in [2.75, 3.05) is 13.1 Å². The zero-order valence-electron chi connectivity index (χ0n) is 19.9. The molecule has 1 aromatic heterocycles. The van der Waals surface area contributed by atoms with Crippen molar-refractivity contribution >= 4 is 28.6 Å². The maximum Gasteiger partial charge on any atom is 0.255 e. The maximum absolute atomic E-state index is 13.2. The minimum atomic E-state index is -0.600. The molecule has 184 valence electrons. The van der Waals surface area contributed by atoms with Crippen LogP contribution in [0.15, 0.2) is 36.5 Å². The first-order valence-corrected chi connectivity index (χ1v) is 12.6. The van der Waals surface area contributed by atoms with Gasteiger partial charge in [0.05, 0.1) is 23.9 Å². The topological polar surface area (TPSA) is 108 Å². The quantitative estimate of drug-likeness (QED) is 0.552. The summed E-state index contributed by atoms with van der Waals surface area (Å²) in [5.74, 6) is -0.786. The summed E-state index contributed by atoms with van der Waals surface area (Å²) >= 11 is 0. The largest absolute Gasteiger partial charge is 0.365 e. The predicted molar refractivity (Wildman–Crippen MR) is 130 cm³/mol. The number of benzene rings is 2. The van der Waals surface area contributed by atoms with Crippen molar-refractivity contribution in [2.45, 2.75) is 57.0 Å². The van der Waals surface area contributed by atoms with E-state index in [-0.39, 0.29) is 29.7 Å². The molecule has 0 unspecified atom stereocenters. The minimum absolute atomic E-state index is 0.133. The number of hydrogen-bond acceptors (Lipinski definition) is 6. The van der Waals surface area contributed by atoms with Gasteiger partial charge < -0.3 is 9.64 Å². The lowest BCUT2D eigenvalue weighted by atomic mass is 9.82. The average Bonchev–Trinajstić information content (AvgIpc) is 3.58. The van der Waals surface area contributed by atoms with Crippen LogP contribution in [0.4, 0.5) is 0 Å². The molecule has 2 saturated heterocycles. The summed E-state index contributed by atoms with van der Waals surface area (Å²) in [7, 11) is 0. The molecule has 2 N–H and O–H groups in total. The summed E-state index contributed by atoms with van der Waals surface area (Å²) in [4.78, 5) is 41.3. The standard InChI is InChI=1S/C27H27N5O4/c33-24-7-6-23(25(34)29-24)32-14-19-17(26(32)35)4-5-21-20(19)15-36-27(21)8-10-31(11-9-27)13-16-2-1-3-22-18(16)12-28-30-22/h1-5,12,23H,6-11,13-15H2,(H,28,30)(H,29,33,34)/t23-/m0/s1. The van der Waals surface area contributed by atoms with Crippen molar-refractivity contribution in [1.29, 1.82) is 0 Å². The number of aromatic nitrogens is 2. The van der Waals surface area contributed by atoms with Crippen LogP contribution in [0.5, 0.6) is 0 Å². The first-order chi connectivity index (χ1) is 17.5. The van der Waals surface area contributed by atoms with Crippen molar-refractivity contribution in [3.63, 3.8) is 0 Å². The van der Waals surface area contributed by atoms with E-state index in [0.29, 0.717) is 25.1 Å². The Bertz CT molecular complexity index is 1420. The molecule has 2 aromatic carbocycles. The maximum atomic E-state index is 13.2. The molecule has 4 aliphatic heterocycles. The van der Waals surface area contributed by atoms with Crippen molar-refractivity contribution in [2.24, 2.45) is 0 Å². The van der Waals surface area contributed by atoms with Crippen LogP contribution in [0, 0.1) is 0 Å².